The van der Waals surface area contributed by atoms with Gasteiger partial charge in [-0.3, -0.25) is 4.79 Å². The van der Waals surface area contributed by atoms with Gasteiger partial charge in [-0.15, -0.1) is 0 Å². The van der Waals surface area contributed by atoms with Crippen LogP contribution in [0.15, 0.2) is 64.4 Å². The molecule has 2 fully saturated rings. The Balaban J connectivity index is 1.11. The van der Waals surface area contributed by atoms with Crippen LogP contribution in [0.3, 0.4) is 0 Å². The van der Waals surface area contributed by atoms with Crippen LogP contribution in [0.5, 0.6) is 0 Å². The first-order chi connectivity index (χ1) is 21.4. The lowest BCUT2D eigenvalue weighted by Crippen LogP contribution is -2.47. The molecule has 7 nitrogen and oxygen atoms in total. The van der Waals surface area contributed by atoms with Crippen LogP contribution >= 0.6 is 0 Å². The molecule has 2 aliphatic heterocycles. The molecule has 3 aliphatic rings. The van der Waals surface area contributed by atoms with Gasteiger partial charge >= 0.3 is 0 Å². The SMILES string of the molecule is O=C(NCc1ccc(S(=O)(=O)c2cccc(N3CCCCC3)c2)cc1)c1cc2c([nH]1)CCNC21CCCCCCCCCC1. The van der Waals surface area contributed by atoms with Gasteiger partial charge in [-0.2, -0.15) is 0 Å². The second-order valence-electron chi connectivity index (χ2n) is 13.0. The summed E-state index contributed by atoms with van der Waals surface area (Å²) in [6, 6.07) is 16.3. The van der Waals surface area contributed by atoms with Crippen molar-refractivity contribution in [3.05, 3.63) is 77.1 Å². The first-order valence-electron chi connectivity index (χ1n) is 16.9. The standard InChI is InChI=1S/C36H48N4O3S/c41-35(34-26-32-33(39-34)19-22-38-36(32)20-8-5-3-1-2-4-6-9-21-36)37-27-28-15-17-30(18-16-28)44(42,43)31-14-12-13-29(25-31)40-23-10-7-11-24-40/h12-18,25-26,38-39H,1-11,19-24,27H2,(H,37,41). The highest BCUT2D eigenvalue weighted by atomic mass is 32.2. The molecular weight excluding hydrogens is 568 g/mol. The molecule has 3 aromatic rings. The number of anilines is 1. The number of amides is 1. The van der Waals surface area contributed by atoms with Crippen molar-refractivity contribution >= 4 is 21.4 Å². The molecule has 6 rings (SSSR count). The van der Waals surface area contributed by atoms with E-state index in [1.807, 2.05) is 12.1 Å². The van der Waals surface area contributed by atoms with Gasteiger partial charge in [0.2, 0.25) is 9.84 Å². The minimum absolute atomic E-state index is 0.0401. The first-order valence-corrected chi connectivity index (χ1v) is 18.4. The van der Waals surface area contributed by atoms with Gasteiger partial charge in [0.25, 0.3) is 5.91 Å². The number of benzene rings is 2. The van der Waals surface area contributed by atoms with Gasteiger partial charge in [0.15, 0.2) is 0 Å². The highest BCUT2D eigenvalue weighted by Gasteiger charge is 2.37. The van der Waals surface area contributed by atoms with Crippen molar-refractivity contribution in [1.29, 1.82) is 0 Å². The normalized spacial score (nSPS) is 19.6. The molecule has 3 heterocycles. The number of carbonyl (C=O) groups is 1. The van der Waals surface area contributed by atoms with Crippen molar-refractivity contribution in [2.45, 2.75) is 112 Å². The van der Waals surface area contributed by atoms with Crippen molar-refractivity contribution in [3.8, 4) is 0 Å². The molecule has 1 saturated carbocycles. The second kappa shape index (κ2) is 13.9. The highest BCUT2D eigenvalue weighted by Crippen LogP contribution is 2.39. The Morgan fingerprint density at radius 3 is 2.16 bits per heavy atom. The topological polar surface area (TPSA) is 94.3 Å². The average Bonchev–Trinajstić information content (AvgIpc) is 3.49. The maximum atomic E-state index is 13.5. The third-order valence-electron chi connectivity index (χ3n) is 9.99. The first kappa shape index (κ1) is 30.9. The van der Waals surface area contributed by atoms with E-state index >= 15 is 0 Å². The summed E-state index contributed by atoms with van der Waals surface area (Å²) in [6.45, 7) is 3.20. The Labute approximate surface area is 263 Å². The maximum Gasteiger partial charge on any atom is 0.267 e. The number of aromatic amines is 1. The summed E-state index contributed by atoms with van der Waals surface area (Å²) in [6.07, 6.45) is 17.0. The number of rotatable bonds is 6. The quantitative estimate of drug-likeness (QED) is 0.277. The van der Waals surface area contributed by atoms with E-state index in [0.717, 1.165) is 63.0 Å². The molecule has 1 amide bonds. The van der Waals surface area contributed by atoms with Crippen LogP contribution in [0, 0.1) is 0 Å². The predicted molar refractivity (Wildman–Crippen MR) is 176 cm³/mol. The largest absolute Gasteiger partial charge is 0.372 e. The minimum Gasteiger partial charge on any atom is -0.372 e. The fourth-order valence-corrected chi connectivity index (χ4v) is 8.75. The van der Waals surface area contributed by atoms with Crippen LogP contribution in [-0.4, -0.2) is 38.9 Å². The number of hydrogen-bond acceptors (Lipinski definition) is 5. The van der Waals surface area contributed by atoms with Gasteiger partial charge in [0, 0.05) is 49.5 Å². The lowest BCUT2D eigenvalue weighted by molar-refractivity contribution is 0.0946. The van der Waals surface area contributed by atoms with Crippen molar-refractivity contribution in [2.75, 3.05) is 24.5 Å². The van der Waals surface area contributed by atoms with E-state index in [-0.39, 0.29) is 16.3 Å². The molecule has 0 unspecified atom stereocenters. The molecule has 0 bridgehead atoms. The highest BCUT2D eigenvalue weighted by molar-refractivity contribution is 7.91. The fraction of sp³-hybridized carbons (Fsp3) is 0.528. The molecule has 1 aliphatic carbocycles. The van der Waals surface area contributed by atoms with Crippen LogP contribution in [0.25, 0.3) is 0 Å². The molecule has 8 heteroatoms. The number of nitrogens with one attached hydrogen (secondary N) is 3. The minimum atomic E-state index is -3.64. The van der Waals surface area contributed by atoms with Crippen molar-refractivity contribution < 1.29 is 13.2 Å². The fourth-order valence-electron chi connectivity index (χ4n) is 7.45. The van der Waals surface area contributed by atoms with Gasteiger partial charge in [-0.05, 0) is 79.6 Å². The Hall–Kier alpha value is -3.10. The van der Waals surface area contributed by atoms with E-state index in [2.05, 4.69) is 26.6 Å². The van der Waals surface area contributed by atoms with E-state index in [9.17, 15) is 13.2 Å². The van der Waals surface area contributed by atoms with Crippen molar-refractivity contribution in [1.82, 2.24) is 15.6 Å². The van der Waals surface area contributed by atoms with E-state index in [1.54, 1.807) is 36.4 Å². The molecular formula is C36H48N4O3S. The molecule has 0 radical (unpaired) electrons. The molecule has 3 N–H and O–H groups in total. The Morgan fingerprint density at radius 2 is 1.45 bits per heavy atom. The Kier molecular flexibility index (Phi) is 9.77. The number of piperidine rings is 1. The molecule has 44 heavy (non-hydrogen) atoms. The molecule has 0 atom stereocenters. The summed E-state index contributed by atoms with van der Waals surface area (Å²) in [5.41, 5.74) is 4.88. The predicted octanol–water partition coefficient (Wildman–Crippen LogP) is 7.02. The van der Waals surface area contributed by atoms with Gasteiger partial charge in [0.1, 0.15) is 5.69 Å². The van der Waals surface area contributed by atoms with Crippen molar-refractivity contribution in [2.24, 2.45) is 0 Å². The number of carbonyl (C=O) groups excluding carboxylic acids is 1. The second-order valence-corrected chi connectivity index (χ2v) is 15.0. The maximum absolute atomic E-state index is 13.5. The third kappa shape index (κ3) is 6.91. The monoisotopic (exact) mass is 616 g/mol. The Morgan fingerprint density at radius 1 is 0.795 bits per heavy atom. The molecule has 2 aromatic carbocycles. The molecule has 1 aromatic heterocycles. The molecule has 1 spiro atoms. The number of fused-ring (bicyclic) bond motifs is 2. The number of hydrogen-bond donors (Lipinski definition) is 3. The van der Waals surface area contributed by atoms with Crippen LogP contribution in [0.2, 0.25) is 0 Å². The summed E-state index contributed by atoms with van der Waals surface area (Å²) in [7, 11) is -3.64. The summed E-state index contributed by atoms with van der Waals surface area (Å²) < 4.78 is 26.9. The van der Waals surface area contributed by atoms with E-state index < -0.39 is 9.84 Å². The zero-order valence-corrected chi connectivity index (χ0v) is 26.8. The molecule has 1 saturated heterocycles. The van der Waals surface area contributed by atoms with Crippen LogP contribution in [-0.2, 0) is 28.3 Å². The van der Waals surface area contributed by atoms with Gasteiger partial charge in [0.05, 0.1) is 9.79 Å². The Bertz CT molecular complexity index is 1510. The summed E-state index contributed by atoms with van der Waals surface area (Å²) in [5, 5.41) is 6.94. The third-order valence-corrected chi connectivity index (χ3v) is 11.8. The summed E-state index contributed by atoms with van der Waals surface area (Å²) in [5.74, 6) is -0.127. The number of sulfone groups is 1. The lowest BCUT2D eigenvalue weighted by Gasteiger charge is -2.39. The summed E-state index contributed by atoms with van der Waals surface area (Å²) in [4.78, 5) is 19.6. The smallest absolute Gasteiger partial charge is 0.267 e. The van der Waals surface area contributed by atoms with Crippen LogP contribution in [0.4, 0.5) is 5.69 Å². The zero-order chi connectivity index (χ0) is 30.4. The zero-order valence-electron chi connectivity index (χ0n) is 26.0. The number of nitrogens with zero attached hydrogens (tertiary/aromatic N) is 1. The number of aromatic nitrogens is 1. The van der Waals surface area contributed by atoms with Gasteiger partial charge in [-0.25, -0.2) is 8.42 Å². The number of H-pyrrole nitrogens is 1. The average molecular weight is 617 g/mol. The molecule has 236 valence electrons. The van der Waals surface area contributed by atoms with E-state index in [4.69, 9.17) is 0 Å². The van der Waals surface area contributed by atoms with Crippen LogP contribution < -0.4 is 15.5 Å². The summed E-state index contributed by atoms with van der Waals surface area (Å²) >= 11 is 0. The van der Waals surface area contributed by atoms with Crippen molar-refractivity contribution in [3.63, 3.8) is 0 Å². The van der Waals surface area contributed by atoms with Gasteiger partial charge in [-0.1, -0.05) is 69.6 Å². The van der Waals surface area contributed by atoms with Crippen LogP contribution in [0.1, 0.15) is 111 Å². The van der Waals surface area contributed by atoms with E-state index in [0.29, 0.717) is 17.1 Å². The van der Waals surface area contributed by atoms with E-state index in [1.165, 1.54) is 69.0 Å². The van der Waals surface area contributed by atoms with Gasteiger partial charge < -0.3 is 20.5 Å². The lowest BCUT2D eigenvalue weighted by atomic mass is 9.78.